The number of carbonyl (C=O) groups is 1. The van der Waals surface area contributed by atoms with Crippen molar-refractivity contribution in [2.24, 2.45) is 0 Å². The number of aromatic nitrogens is 1. The number of ketones is 1. The van der Waals surface area contributed by atoms with Crippen LogP contribution in [0, 0.1) is 5.82 Å². The number of nitrogens with zero attached hydrogens (tertiary/aromatic N) is 1. The van der Waals surface area contributed by atoms with Crippen molar-refractivity contribution in [1.82, 2.24) is 4.98 Å². The Hall–Kier alpha value is -1.68. The number of hydrogen-bond acceptors (Lipinski definition) is 3. The van der Waals surface area contributed by atoms with Crippen molar-refractivity contribution in [1.29, 1.82) is 0 Å². The average molecular weight is 247 g/mol. The molecule has 2 aromatic rings. The molecule has 2 nitrogen and oxygen atoms in total. The predicted molar refractivity (Wildman–Crippen MR) is 65.7 cm³/mol. The number of halogens is 1. The SMILES string of the molecule is O=C(CSc1ccncc1)c1ccccc1F. The second-order valence-electron chi connectivity index (χ2n) is 3.37. The second kappa shape index (κ2) is 5.59. The lowest BCUT2D eigenvalue weighted by molar-refractivity contribution is 0.101. The molecule has 0 N–H and O–H groups in total. The van der Waals surface area contributed by atoms with Crippen LogP contribution in [0.5, 0.6) is 0 Å². The molecule has 0 aliphatic rings. The molecule has 0 aliphatic carbocycles. The van der Waals surface area contributed by atoms with Gasteiger partial charge in [-0.15, -0.1) is 11.8 Å². The summed E-state index contributed by atoms with van der Waals surface area (Å²) >= 11 is 1.38. The Balaban J connectivity index is 2.01. The van der Waals surface area contributed by atoms with E-state index in [1.54, 1.807) is 24.5 Å². The van der Waals surface area contributed by atoms with Crippen LogP contribution < -0.4 is 0 Å². The van der Waals surface area contributed by atoms with E-state index in [0.29, 0.717) is 0 Å². The number of pyridine rings is 1. The Morgan fingerprint density at radius 3 is 2.59 bits per heavy atom. The molecule has 0 unspecified atom stereocenters. The molecule has 1 aromatic heterocycles. The molecule has 0 spiro atoms. The van der Waals surface area contributed by atoms with Crippen molar-refractivity contribution in [3.63, 3.8) is 0 Å². The second-order valence-corrected chi connectivity index (χ2v) is 4.42. The molecule has 0 atom stereocenters. The van der Waals surface area contributed by atoms with Gasteiger partial charge < -0.3 is 0 Å². The monoisotopic (exact) mass is 247 g/mol. The maximum atomic E-state index is 13.3. The van der Waals surface area contributed by atoms with Crippen molar-refractivity contribution in [3.05, 3.63) is 60.2 Å². The van der Waals surface area contributed by atoms with Gasteiger partial charge in [-0.1, -0.05) is 12.1 Å². The first-order valence-electron chi connectivity index (χ1n) is 5.08. The summed E-state index contributed by atoms with van der Waals surface area (Å²) < 4.78 is 13.3. The summed E-state index contributed by atoms with van der Waals surface area (Å²) in [6, 6.07) is 9.67. The topological polar surface area (TPSA) is 30.0 Å². The van der Waals surface area contributed by atoms with Crippen molar-refractivity contribution in [2.75, 3.05) is 5.75 Å². The molecule has 0 amide bonds. The Bertz CT molecular complexity index is 516. The van der Waals surface area contributed by atoms with Crippen LogP contribution in [0.3, 0.4) is 0 Å². The zero-order valence-electron chi connectivity index (χ0n) is 8.97. The maximum Gasteiger partial charge on any atom is 0.176 e. The van der Waals surface area contributed by atoms with Gasteiger partial charge in [0, 0.05) is 17.3 Å². The normalized spacial score (nSPS) is 10.2. The third kappa shape index (κ3) is 3.14. The van der Waals surface area contributed by atoms with Crippen LogP contribution in [0.1, 0.15) is 10.4 Å². The number of Topliss-reactive ketones (excluding diaryl/α,β-unsaturated/α-hetero) is 1. The maximum absolute atomic E-state index is 13.3. The smallest absolute Gasteiger partial charge is 0.176 e. The standard InChI is InChI=1S/C13H10FNOS/c14-12-4-2-1-3-11(12)13(16)9-17-10-5-7-15-8-6-10/h1-8H,9H2. The summed E-state index contributed by atoms with van der Waals surface area (Å²) in [5, 5.41) is 0. The Morgan fingerprint density at radius 2 is 1.88 bits per heavy atom. The number of thioether (sulfide) groups is 1. The molecule has 4 heteroatoms. The van der Waals surface area contributed by atoms with E-state index in [9.17, 15) is 9.18 Å². The van der Waals surface area contributed by atoms with Gasteiger partial charge >= 0.3 is 0 Å². The molecule has 0 saturated heterocycles. The molecule has 2 rings (SSSR count). The third-order valence-corrected chi connectivity index (χ3v) is 3.21. The lowest BCUT2D eigenvalue weighted by Crippen LogP contribution is -2.04. The van der Waals surface area contributed by atoms with E-state index in [1.165, 1.54) is 23.9 Å². The minimum Gasteiger partial charge on any atom is -0.293 e. The van der Waals surface area contributed by atoms with Crippen molar-refractivity contribution in [3.8, 4) is 0 Å². The summed E-state index contributed by atoms with van der Waals surface area (Å²) in [4.78, 5) is 16.6. The Labute approximate surface area is 103 Å². The molecular weight excluding hydrogens is 237 g/mol. The van der Waals surface area contributed by atoms with Crippen LogP contribution in [-0.2, 0) is 0 Å². The largest absolute Gasteiger partial charge is 0.293 e. The lowest BCUT2D eigenvalue weighted by Gasteiger charge is -2.02. The predicted octanol–water partition coefficient (Wildman–Crippen LogP) is 3.20. The summed E-state index contributed by atoms with van der Waals surface area (Å²) in [5.41, 5.74) is 0.147. The average Bonchev–Trinajstić information content (AvgIpc) is 2.38. The first-order chi connectivity index (χ1) is 8.27. The van der Waals surface area contributed by atoms with E-state index in [0.717, 1.165) is 4.90 Å². The van der Waals surface area contributed by atoms with Crippen molar-refractivity contribution in [2.45, 2.75) is 4.90 Å². The highest BCUT2D eigenvalue weighted by molar-refractivity contribution is 8.00. The fourth-order valence-corrected chi connectivity index (χ4v) is 2.12. The summed E-state index contributed by atoms with van der Waals surface area (Å²) in [6.45, 7) is 0. The first kappa shape index (κ1) is 11.8. The van der Waals surface area contributed by atoms with Gasteiger partial charge in [-0.05, 0) is 24.3 Å². The molecule has 0 fully saturated rings. The highest BCUT2D eigenvalue weighted by Gasteiger charge is 2.10. The van der Waals surface area contributed by atoms with Crippen molar-refractivity contribution < 1.29 is 9.18 Å². The fraction of sp³-hybridized carbons (Fsp3) is 0.0769. The molecule has 1 heterocycles. The van der Waals surface area contributed by atoms with Gasteiger partial charge in [-0.25, -0.2) is 4.39 Å². The number of hydrogen-bond donors (Lipinski definition) is 0. The van der Waals surface area contributed by atoms with Gasteiger partial charge in [0.05, 0.1) is 11.3 Å². The van der Waals surface area contributed by atoms with Crippen LogP contribution in [0.25, 0.3) is 0 Å². The lowest BCUT2D eigenvalue weighted by atomic mass is 10.1. The molecule has 86 valence electrons. The Kier molecular flexibility index (Phi) is 3.88. The third-order valence-electron chi connectivity index (χ3n) is 2.19. The highest BCUT2D eigenvalue weighted by atomic mass is 32.2. The molecule has 0 aliphatic heterocycles. The van der Waals surface area contributed by atoms with Gasteiger partial charge in [0.2, 0.25) is 0 Å². The Morgan fingerprint density at radius 1 is 1.18 bits per heavy atom. The van der Waals surface area contributed by atoms with Gasteiger partial charge in [-0.3, -0.25) is 9.78 Å². The molecule has 0 radical (unpaired) electrons. The fourth-order valence-electron chi connectivity index (χ4n) is 1.35. The summed E-state index contributed by atoms with van der Waals surface area (Å²) in [6.07, 6.45) is 3.33. The van der Waals surface area contributed by atoms with Crippen molar-refractivity contribution >= 4 is 17.5 Å². The van der Waals surface area contributed by atoms with Crippen LogP contribution in [-0.4, -0.2) is 16.5 Å². The first-order valence-corrected chi connectivity index (χ1v) is 6.06. The quantitative estimate of drug-likeness (QED) is 0.614. The van der Waals surface area contributed by atoms with Crippen LogP contribution >= 0.6 is 11.8 Å². The molecule has 17 heavy (non-hydrogen) atoms. The zero-order valence-corrected chi connectivity index (χ0v) is 9.78. The van der Waals surface area contributed by atoms with E-state index in [1.807, 2.05) is 12.1 Å². The number of rotatable bonds is 4. The zero-order chi connectivity index (χ0) is 12.1. The van der Waals surface area contributed by atoms with Gasteiger partial charge in [0.1, 0.15) is 5.82 Å². The summed E-state index contributed by atoms with van der Waals surface area (Å²) in [7, 11) is 0. The van der Waals surface area contributed by atoms with E-state index in [-0.39, 0.29) is 17.1 Å². The van der Waals surface area contributed by atoms with E-state index < -0.39 is 5.82 Å². The summed E-state index contributed by atoms with van der Waals surface area (Å²) in [5.74, 6) is -0.442. The van der Waals surface area contributed by atoms with Crippen LogP contribution in [0.15, 0.2) is 53.7 Å². The van der Waals surface area contributed by atoms with E-state index in [2.05, 4.69) is 4.98 Å². The highest BCUT2D eigenvalue weighted by Crippen LogP contribution is 2.18. The van der Waals surface area contributed by atoms with E-state index >= 15 is 0 Å². The minimum absolute atomic E-state index is 0.147. The molecular formula is C13H10FNOS. The van der Waals surface area contributed by atoms with E-state index in [4.69, 9.17) is 0 Å². The van der Waals surface area contributed by atoms with Gasteiger partial charge in [-0.2, -0.15) is 0 Å². The minimum atomic E-state index is -0.465. The van der Waals surface area contributed by atoms with Crippen LogP contribution in [0.4, 0.5) is 4.39 Å². The molecule has 0 bridgehead atoms. The molecule has 0 saturated carbocycles. The van der Waals surface area contributed by atoms with Gasteiger partial charge in [0.25, 0.3) is 0 Å². The number of benzene rings is 1. The van der Waals surface area contributed by atoms with Crippen LogP contribution in [0.2, 0.25) is 0 Å². The number of carbonyl (C=O) groups excluding carboxylic acids is 1. The molecule has 1 aromatic carbocycles. The van der Waals surface area contributed by atoms with Gasteiger partial charge in [0.15, 0.2) is 5.78 Å².